The number of nitrogens with zero attached hydrogens (tertiary/aromatic N) is 1. The molecular weight excluding hydrogens is 692 g/mol. The summed E-state index contributed by atoms with van der Waals surface area (Å²) < 4.78 is 5.10. The van der Waals surface area contributed by atoms with E-state index in [1.807, 2.05) is 64.2 Å². The van der Waals surface area contributed by atoms with Crippen molar-refractivity contribution in [2.75, 3.05) is 13.2 Å². The monoisotopic (exact) mass is 730 g/mol. The van der Waals surface area contributed by atoms with E-state index in [9.17, 15) is 19.2 Å². The number of ether oxygens (including phenoxy) is 1. The number of esters is 1. The maximum atomic E-state index is 12.5. The summed E-state index contributed by atoms with van der Waals surface area (Å²) >= 11 is 0. The van der Waals surface area contributed by atoms with Gasteiger partial charge in [-0.25, -0.2) is 4.79 Å². The van der Waals surface area contributed by atoms with Gasteiger partial charge in [-0.2, -0.15) is 0 Å². The van der Waals surface area contributed by atoms with Crippen molar-refractivity contribution >= 4 is 29.7 Å². The Morgan fingerprint density at radius 1 is 0.646 bits per heavy atom. The van der Waals surface area contributed by atoms with Crippen LogP contribution in [0.25, 0.3) is 0 Å². The van der Waals surface area contributed by atoms with Gasteiger partial charge in [-0.05, 0) is 147 Å². The molecule has 5 rings (SSSR count). The van der Waals surface area contributed by atoms with Gasteiger partial charge in [-0.15, -0.1) is 0 Å². The Morgan fingerprint density at radius 3 is 1.50 bits per heavy atom. The maximum Gasteiger partial charge on any atom is 2.00 e. The van der Waals surface area contributed by atoms with Crippen molar-refractivity contribution in [1.29, 1.82) is 0 Å². The van der Waals surface area contributed by atoms with E-state index in [-0.39, 0.29) is 65.6 Å². The van der Waals surface area contributed by atoms with Crippen LogP contribution in [0.4, 0.5) is 0 Å². The molecule has 48 heavy (non-hydrogen) atoms. The number of hydrogen-bond acceptors (Lipinski definition) is 6. The third-order valence-corrected chi connectivity index (χ3v) is 6.26. The molecule has 0 bridgehead atoms. The predicted octanol–water partition coefficient (Wildman–Crippen LogP) is 3.57. The number of rotatable bonds is 10. The van der Waals surface area contributed by atoms with Crippen LogP contribution in [-0.4, -0.2) is 48.8 Å². The third kappa shape index (κ3) is 17.5. The molecule has 1 aromatic rings. The van der Waals surface area contributed by atoms with E-state index >= 15 is 0 Å². The zero-order valence-corrected chi connectivity index (χ0v) is 28.6. The number of amides is 3. The van der Waals surface area contributed by atoms with Crippen LogP contribution in [0.2, 0.25) is 0 Å². The largest absolute Gasteiger partial charge is 2.00 e. The van der Waals surface area contributed by atoms with Crippen LogP contribution in [0.15, 0.2) is 35.3 Å². The molecule has 3 amide bonds. The molecule has 4 aliphatic carbocycles. The number of carbonyl (C=O) groups excluding carboxylic acids is 4. The van der Waals surface area contributed by atoms with Gasteiger partial charge in [0.05, 0.1) is 18.4 Å². The molecule has 248 valence electrons. The van der Waals surface area contributed by atoms with Crippen molar-refractivity contribution in [2.24, 2.45) is 4.99 Å². The molecule has 1 aromatic carbocycles. The average Bonchev–Trinajstić information content (AvgIpc) is 3.92. The first-order valence-electron chi connectivity index (χ1n) is 14.9. The number of benzene rings is 1. The fraction of sp³-hybridized carbons (Fsp3) is 0.162. The summed E-state index contributed by atoms with van der Waals surface area (Å²) in [4.78, 5) is 54.2. The Balaban J connectivity index is 0.000000816. The second-order valence-corrected chi connectivity index (χ2v) is 9.70. The van der Waals surface area contributed by atoms with Gasteiger partial charge in [-0.1, -0.05) is 18.2 Å². The minimum absolute atomic E-state index is 0. The summed E-state index contributed by atoms with van der Waals surface area (Å²) in [7, 11) is 0. The van der Waals surface area contributed by atoms with E-state index in [2.05, 4.69) is 20.9 Å². The number of hydrogen-bond donors (Lipinski definition) is 3. The SMILES string of the molecule is CCOC(=O)[C@H](CCCN=C(NC(=O)[C]1[CH][CH][CH][CH]1)NC(=O)[C]1[CH][CH][CH][CH]1)NC(=O)c1ccccc1.[CH]1[CH][CH][CH][CH]1.[CH]1[CH][CH][CH][CH]1.[Fe+2].[Fe+2]. The summed E-state index contributed by atoms with van der Waals surface area (Å²) in [6, 6.07) is 7.70. The minimum atomic E-state index is -0.867. The molecule has 1 atom stereocenters. The molecule has 4 fully saturated rings. The van der Waals surface area contributed by atoms with Crippen LogP contribution in [0.1, 0.15) is 30.1 Å². The average molecular weight is 730 g/mol. The second kappa shape index (κ2) is 26.6. The number of nitrogens with one attached hydrogen (secondary N) is 3. The van der Waals surface area contributed by atoms with E-state index in [0.717, 1.165) is 0 Å². The van der Waals surface area contributed by atoms with E-state index in [1.54, 1.807) is 88.6 Å². The van der Waals surface area contributed by atoms with Crippen molar-refractivity contribution in [3.63, 3.8) is 0 Å². The van der Waals surface area contributed by atoms with Gasteiger partial charge >= 0.3 is 40.1 Å². The molecule has 0 aromatic heterocycles. The quantitative estimate of drug-likeness (QED) is 0.112. The van der Waals surface area contributed by atoms with Crippen LogP contribution in [-0.2, 0) is 53.3 Å². The molecule has 4 saturated carbocycles. The van der Waals surface area contributed by atoms with Crippen LogP contribution < -0.4 is 16.0 Å². The molecule has 11 heteroatoms. The normalized spacial score (nSPS) is 17.5. The molecule has 4 aliphatic rings. The fourth-order valence-electron chi connectivity index (χ4n) is 3.97. The Labute approximate surface area is 309 Å². The van der Waals surface area contributed by atoms with Gasteiger partial charge in [-0.3, -0.25) is 30.0 Å². The van der Waals surface area contributed by atoms with Crippen LogP contribution in [0.3, 0.4) is 0 Å². The van der Waals surface area contributed by atoms with Crippen molar-refractivity contribution < 1.29 is 58.1 Å². The van der Waals surface area contributed by atoms with Crippen LogP contribution >= 0.6 is 0 Å². The molecule has 0 heterocycles. The first kappa shape index (κ1) is 43.8. The van der Waals surface area contributed by atoms with Gasteiger partial charge in [0.25, 0.3) is 5.91 Å². The Hall–Kier alpha value is -2.19. The van der Waals surface area contributed by atoms with Crippen molar-refractivity contribution in [3.8, 4) is 0 Å². The standard InChI is InChI=1S/C27H28N4O5.2C5H5.2Fe/c1-2-36-26(35)22(29-23(32)19-11-4-3-5-12-19)17-10-18-28-27(30-24(33)20-13-6-7-14-20)31-25(34)21-15-8-9-16-21;2*1-2-4-5-3-1;;/h3-9,11-16,22H,2,10,17-18H2,1H3,(H,29,32)(H2,28,30,31,33,34);2*1-5H;;/q;;;2*+2/t22-;;;;/m0..../s1. The molecule has 3 N–H and O–H groups in total. The molecular formula is C37H38Fe2N4O5+4. The zero-order valence-electron chi connectivity index (χ0n) is 26.4. The Bertz CT molecular complexity index is 1030. The summed E-state index contributed by atoms with van der Waals surface area (Å²) in [6.07, 6.45) is 34.1. The Kier molecular flexibility index (Phi) is 24.3. The number of guanidine groups is 1. The van der Waals surface area contributed by atoms with E-state index in [4.69, 9.17) is 4.74 Å². The molecule has 9 nitrogen and oxygen atoms in total. The van der Waals surface area contributed by atoms with Crippen LogP contribution in [0, 0.1) is 127 Å². The van der Waals surface area contributed by atoms with Crippen molar-refractivity contribution in [3.05, 3.63) is 163 Å². The maximum absolute atomic E-state index is 12.5. The van der Waals surface area contributed by atoms with Crippen molar-refractivity contribution in [2.45, 2.75) is 25.8 Å². The topological polar surface area (TPSA) is 126 Å². The molecule has 20 radical (unpaired) electrons. The van der Waals surface area contributed by atoms with Gasteiger partial charge in [0, 0.05) is 12.1 Å². The van der Waals surface area contributed by atoms with Gasteiger partial charge in [0.1, 0.15) is 6.04 Å². The summed E-state index contributed by atoms with van der Waals surface area (Å²) in [5.74, 6) is -0.912. The second-order valence-electron chi connectivity index (χ2n) is 9.70. The van der Waals surface area contributed by atoms with E-state index in [0.29, 0.717) is 23.8 Å². The van der Waals surface area contributed by atoms with Crippen LogP contribution in [0.5, 0.6) is 0 Å². The van der Waals surface area contributed by atoms with E-state index in [1.165, 1.54) is 0 Å². The first-order valence-corrected chi connectivity index (χ1v) is 14.9. The molecule has 0 spiro atoms. The minimum Gasteiger partial charge on any atom is -0.464 e. The van der Waals surface area contributed by atoms with Gasteiger partial charge in [0.15, 0.2) is 0 Å². The van der Waals surface area contributed by atoms with Gasteiger partial charge < -0.3 is 10.1 Å². The summed E-state index contributed by atoms with van der Waals surface area (Å²) in [5, 5.41) is 7.94. The zero-order chi connectivity index (χ0) is 32.8. The fourth-order valence-corrected chi connectivity index (χ4v) is 3.97. The first-order chi connectivity index (χ1) is 22.5. The van der Waals surface area contributed by atoms with Gasteiger partial charge in [0.2, 0.25) is 17.8 Å². The van der Waals surface area contributed by atoms with E-state index < -0.39 is 23.8 Å². The number of aliphatic imine (C=N–C) groups is 1. The summed E-state index contributed by atoms with van der Waals surface area (Å²) in [6.45, 7) is 2.05. The molecule has 0 unspecified atom stereocenters. The molecule has 0 saturated heterocycles. The predicted molar refractivity (Wildman–Crippen MR) is 176 cm³/mol. The Morgan fingerprint density at radius 2 is 1.08 bits per heavy atom. The summed E-state index contributed by atoms with van der Waals surface area (Å²) in [5.41, 5.74) is 0.428. The van der Waals surface area contributed by atoms with Crippen molar-refractivity contribution in [1.82, 2.24) is 16.0 Å². The molecule has 0 aliphatic heterocycles. The number of carbonyl (C=O) groups is 4. The smallest absolute Gasteiger partial charge is 0.464 e. The third-order valence-electron chi connectivity index (χ3n) is 6.26.